The molecule has 0 saturated carbocycles. The Morgan fingerprint density at radius 2 is 2.40 bits per heavy atom. The van der Waals surface area contributed by atoms with E-state index in [1.54, 1.807) is 24.8 Å². The molecular formula is C14H14BrN3O2. The minimum atomic E-state index is -0.0144. The first-order valence-electron chi connectivity index (χ1n) is 6.36. The molecule has 3 heterocycles. The fourth-order valence-corrected chi connectivity index (χ4v) is 2.74. The molecule has 0 unspecified atom stereocenters. The number of halogens is 1. The summed E-state index contributed by atoms with van der Waals surface area (Å²) in [5.41, 5.74) is 3.40. The second-order valence-corrected chi connectivity index (χ2v) is 5.79. The van der Waals surface area contributed by atoms with Gasteiger partial charge in [0.1, 0.15) is 0 Å². The second kappa shape index (κ2) is 5.28. The van der Waals surface area contributed by atoms with Crippen molar-refractivity contribution in [1.82, 2.24) is 15.1 Å². The van der Waals surface area contributed by atoms with Crippen LogP contribution in [-0.2, 0) is 0 Å². The number of nitrogens with one attached hydrogen (secondary N) is 1. The highest BCUT2D eigenvalue weighted by Gasteiger charge is 2.24. The molecule has 1 aliphatic heterocycles. The highest BCUT2D eigenvalue weighted by molar-refractivity contribution is 9.11. The molecular weight excluding hydrogens is 322 g/mol. The Morgan fingerprint density at radius 1 is 1.55 bits per heavy atom. The zero-order valence-corrected chi connectivity index (χ0v) is 12.6. The summed E-state index contributed by atoms with van der Waals surface area (Å²) >= 11 is 3.53. The Kier molecular flexibility index (Phi) is 3.48. The van der Waals surface area contributed by atoms with Crippen LogP contribution in [0.3, 0.4) is 0 Å². The number of H-pyrrole nitrogens is 1. The molecule has 2 aromatic heterocycles. The van der Waals surface area contributed by atoms with E-state index < -0.39 is 0 Å². The predicted octanol–water partition coefficient (Wildman–Crippen LogP) is 3.18. The molecule has 5 nitrogen and oxygen atoms in total. The molecule has 0 atom stereocenters. The van der Waals surface area contributed by atoms with E-state index in [4.69, 9.17) is 4.42 Å². The van der Waals surface area contributed by atoms with E-state index >= 15 is 0 Å². The molecule has 6 heteroatoms. The molecule has 0 aliphatic carbocycles. The van der Waals surface area contributed by atoms with Crippen LogP contribution < -0.4 is 0 Å². The maximum absolute atomic E-state index is 12.6. The molecule has 1 N–H and O–H groups in total. The van der Waals surface area contributed by atoms with Gasteiger partial charge in [0.05, 0.1) is 36.5 Å². The minimum Gasteiger partial charge on any atom is -0.472 e. The van der Waals surface area contributed by atoms with Crippen molar-refractivity contribution in [3.05, 3.63) is 40.4 Å². The van der Waals surface area contributed by atoms with Gasteiger partial charge in [0, 0.05) is 16.6 Å². The lowest BCUT2D eigenvalue weighted by Crippen LogP contribution is -2.36. The van der Waals surface area contributed by atoms with Crippen LogP contribution in [-0.4, -0.2) is 34.1 Å². The summed E-state index contributed by atoms with van der Waals surface area (Å²) in [7, 11) is 0. The molecule has 0 saturated heterocycles. The Balaban J connectivity index is 1.88. The summed E-state index contributed by atoms with van der Waals surface area (Å²) < 4.78 is 6.15. The quantitative estimate of drug-likeness (QED) is 0.916. The van der Waals surface area contributed by atoms with Gasteiger partial charge in [0.15, 0.2) is 0 Å². The SMILES string of the molecule is CC1=C(Br)CN(C(=O)c2cn[nH]c2-c2ccoc2)CC1. The number of hydrogen-bond acceptors (Lipinski definition) is 3. The fourth-order valence-electron chi connectivity index (χ4n) is 2.24. The summed E-state index contributed by atoms with van der Waals surface area (Å²) in [6.07, 6.45) is 5.64. The van der Waals surface area contributed by atoms with Crippen LogP contribution in [0.15, 0.2) is 39.3 Å². The Bertz CT molecular complexity index is 658. The molecule has 20 heavy (non-hydrogen) atoms. The molecule has 0 radical (unpaired) electrons. The summed E-state index contributed by atoms with van der Waals surface area (Å²) in [5, 5.41) is 6.86. The first-order chi connectivity index (χ1) is 9.66. The van der Waals surface area contributed by atoms with E-state index in [2.05, 4.69) is 33.1 Å². The number of carbonyl (C=O) groups is 1. The van der Waals surface area contributed by atoms with Crippen LogP contribution in [0.1, 0.15) is 23.7 Å². The molecule has 1 aliphatic rings. The Morgan fingerprint density at radius 3 is 3.10 bits per heavy atom. The van der Waals surface area contributed by atoms with Crippen molar-refractivity contribution >= 4 is 21.8 Å². The third-order valence-electron chi connectivity index (χ3n) is 3.52. The van der Waals surface area contributed by atoms with Gasteiger partial charge < -0.3 is 9.32 Å². The lowest BCUT2D eigenvalue weighted by Gasteiger charge is -2.27. The van der Waals surface area contributed by atoms with Gasteiger partial charge in [-0.3, -0.25) is 9.89 Å². The van der Waals surface area contributed by atoms with Crippen LogP contribution in [0.5, 0.6) is 0 Å². The normalized spacial score (nSPS) is 15.8. The monoisotopic (exact) mass is 335 g/mol. The Hall–Kier alpha value is -1.82. The van der Waals surface area contributed by atoms with Crippen molar-refractivity contribution in [2.24, 2.45) is 0 Å². The van der Waals surface area contributed by atoms with Crippen LogP contribution in [0.25, 0.3) is 11.3 Å². The number of hydrogen-bond donors (Lipinski definition) is 1. The number of amides is 1. The zero-order valence-electron chi connectivity index (χ0n) is 11.0. The molecule has 0 fully saturated rings. The van der Waals surface area contributed by atoms with Gasteiger partial charge in [-0.15, -0.1) is 0 Å². The van der Waals surface area contributed by atoms with Crippen molar-refractivity contribution in [1.29, 1.82) is 0 Å². The van der Waals surface area contributed by atoms with Crippen LogP contribution in [0, 0.1) is 0 Å². The number of carbonyl (C=O) groups excluding carboxylic acids is 1. The highest BCUT2D eigenvalue weighted by Crippen LogP contribution is 2.26. The predicted molar refractivity (Wildman–Crippen MR) is 78.4 cm³/mol. The van der Waals surface area contributed by atoms with E-state index in [-0.39, 0.29) is 5.91 Å². The summed E-state index contributed by atoms with van der Waals surface area (Å²) in [5.74, 6) is -0.0144. The van der Waals surface area contributed by atoms with Crippen LogP contribution in [0.4, 0.5) is 0 Å². The van der Waals surface area contributed by atoms with Gasteiger partial charge >= 0.3 is 0 Å². The van der Waals surface area contributed by atoms with Crippen LogP contribution in [0.2, 0.25) is 0 Å². The first-order valence-corrected chi connectivity index (χ1v) is 7.15. The lowest BCUT2D eigenvalue weighted by atomic mass is 10.1. The number of aromatic amines is 1. The van der Waals surface area contributed by atoms with Gasteiger partial charge in [-0.2, -0.15) is 5.10 Å². The topological polar surface area (TPSA) is 62.1 Å². The van der Waals surface area contributed by atoms with Gasteiger partial charge in [-0.05, 0) is 19.4 Å². The molecule has 2 aromatic rings. The smallest absolute Gasteiger partial charge is 0.258 e. The van der Waals surface area contributed by atoms with Crippen molar-refractivity contribution in [3.63, 3.8) is 0 Å². The van der Waals surface area contributed by atoms with Gasteiger partial charge in [0.2, 0.25) is 0 Å². The average Bonchev–Trinajstić information content (AvgIpc) is 3.10. The van der Waals surface area contributed by atoms with Gasteiger partial charge in [-0.1, -0.05) is 21.5 Å². The second-order valence-electron chi connectivity index (χ2n) is 4.83. The molecule has 104 valence electrons. The van der Waals surface area contributed by atoms with Crippen molar-refractivity contribution in [3.8, 4) is 11.3 Å². The third-order valence-corrected chi connectivity index (χ3v) is 4.44. The lowest BCUT2D eigenvalue weighted by molar-refractivity contribution is 0.0768. The van der Waals surface area contributed by atoms with Crippen molar-refractivity contribution in [2.45, 2.75) is 13.3 Å². The van der Waals surface area contributed by atoms with E-state index in [0.717, 1.165) is 23.0 Å². The molecule has 1 amide bonds. The fraction of sp³-hybridized carbons (Fsp3) is 0.286. The van der Waals surface area contributed by atoms with E-state index in [1.807, 2.05) is 4.90 Å². The third kappa shape index (κ3) is 2.31. The van der Waals surface area contributed by atoms with E-state index in [9.17, 15) is 4.79 Å². The largest absolute Gasteiger partial charge is 0.472 e. The maximum Gasteiger partial charge on any atom is 0.258 e. The minimum absolute atomic E-state index is 0.0144. The van der Waals surface area contributed by atoms with E-state index in [1.165, 1.54) is 5.57 Å². The molecule has 0 spiro atoms. The Labute approximate surface area is 124 Å². The molecule has 0 aromatic carbocycles. The van der Waals surface area contributed by atoms with Crippen molar-refractivity contribution < 1.29 is 9.21 Å². The number of furan rings is 1. The number of nitrogens with zero attached hydrogens (tertiary/aromatic N) is 2. The number of aromatic nitrogens is 2. The molecule has 0 bridgehead atoms. The number of rotatable bonds is 2. The van der Waals surface area contributed by atoms with Crippen LogP contribution >= 0.6 is 15.9 Å². The highest BCUT2D eigenvalue weighted by atomic mass is 79.9. The first kappa shape index (κ1) is 13.2. The average molecular weight is 336 g/mol. The standard InChI is InChI=1S/C14H14BrN3O2/c1-9-2-4-18(7-12(9)15)14(19)11-6-16-17-13(11)10-3-5-20-8-10/h3,5-6,8H,2,4,7H2,1H3,(H,16,17). The van der Waals surface area contributed by atoms with Gasteiger partial charge in [-0.25, -0.2) is 0 Å². The molecule has 3 rings (SSSR count). The van der Waals surface area contributed by atoms with Crippen molar-refractivity contribution in [2.75, 3.05) is 13.1 Å². The van der Waals surface area contributed by atoms with E-state index in [0.29, 0.717) is 17.8 Å². The summed E-state index contributed by atoms with van der Waals surface area (Å²) in [6, 6.07) is 1.81. The zero-order chi connectivity index (χ0) is 14.1. The summed E-state index contributed by atoms with van der Waals surface area (Å²) in [4.78, 5) is 14.4. The maximum atomic E-state index is 12.6. The summed E-state index contributed by atoms with van der Waals surface area (Å²) in [6.45, 7) is 3.43. The van der Waals surface area contributed by atoms with Gasteiger partial charge in [0.25, 0.3) is 5.91 Å².